The number of nitrogens with one attached hydrogen (secondary N) is 1. The van der Waals surface area contributed by atoms with Crippen molar-refractivity contribution >= 4 is 52.5 Å². The molecule has 0 bridgehead atoms. The molecular weight excluding hydrogens is 502 g/mol. The van der Waals surface area contributed by atoms with Crippen molar-refractivity contribution in [2.45, 2.75) is 13.5 Å². The third-order valence-electron chi connectivity index (χ3n) is 4.50. The van der Waals surface area contributed by atoms with Gasteiger partial charge in [-0.15, -0.1) is 0 Å². The fraction of sp³-hybridized carbons (Fsp3) is 0.120. The zero-order chi connectivity index (χ0) is 24.7. The van der Waals surface area contributed by atoms with Crippen molar-refractivity contribution in [3.63, 3.8) is 0 Å². The highest BCUT2D eigenvalue weighted by Crippen LogP contribution is 2.38. The van der Waals surface area contributed by atoms with Crippen molar-refractivity contribution in [3.8, 4) is 17.6 Å². The number of ether oxygens (including phenoxy) is 2. The van der Waals surface area contributed by atoms with Crippen molar-refractivity contribution in [3.05, 3.63) is 92.2 Å². The smallest absolute Gasteiger partial charge is 0.266 e. The van der Waals surface area contributed by atoms with Gasteiger partial charge < -0.3 is 14.8 Å². The molecule has 0 aliphatic heterocycles. The Labute approximate surface area is 211 Å². The summed E-state index contributed by atoms with van der Waals surface area (Å²) in [5.41, 5.74) is 1.34. The van der Waals surface area contributed by atoms with Crippen LogP contribution < -0.4 is 14.8 Å². The van der Waals surface area contributed by atoms with E-state index < -0.39 is 11.7 Å². The highest BCUT2D eigenvalue weighted by molar-refractivity contribution is 6.35. The number of carbonyl (C=O) groups is 1. The number of benzene rings is 3. The molecular formula is C25H18Cl3FN2O3. The van der Waals surface area contributed by atoms with Gasteiger partial charge in [0.2, 0.25) is 0 Å². The third-order valence-corrected chi connectivity index (χ3v) is 5.36. The van der Waals surface area contributed by atoms with Crippen LogP contribution in [0.15, 0.2) is 60.2 Å². The Morgan fingerprint density at radius 3 is 2.44 bits per heavy atom. The van der Waals surface area contributed by atoms with Gasteiger partial charge >= 0.3 is 0 Å². The predicted octanol–water partition coefficient (Wildman–Crippen LogP) is 7.31. The van der Waals surface area contributed by atoms with Crippen LogP contribution in [-0.4, -0.2) is 12.5 Å². The van der Waals surface area contributed by atoms with Crippen LogP contribution in [0.1, 0.15) is 18.1 Å². The van der Waals surface area contributed by atoms with Crippen LogP contribution in [0, 0.1) is 17.1 Å². The van der Waals surface area contributed by atoms with Gasteiger partial charge in [0.25, 0.3) is 5.91 Å². The molecule has 0 spiro atoms. The molecule has 0 radical (unpaired) electrons. The molecule has 1 amide bonds. The minimum atomic E-state index is -0.652. The van der Waals surface area contributed by atoms with Gasteiger partial charge in [-0.3, -0.25) is 4.79 Å². The fourth-order valence-electron chi connectivity index (χ4n) is 2.91. The molecule has 1 N–H and O–H groups in total. The summed E-state index contributed by atoms with van der Waals surface area (Å²) >= 11 is 18.6. The number of anilines is 1. The Bertz CT molecular complexity index is 1270. The first-order chi connectivity index (χ1) is 16.3. The molecule has 0 fully saturated rings. The fourth-order valence-corrected chi connectivity index (χ4v) is 3.65. The summed E-state index contributed by atoms with van der Waals surface area (Å²) in [7, 11) is 0. The number of nitriles is 1. The SMILES string of the molecule is CCOc1cc(/C=C(\C#N)C(=O)Nc2ccc(F)cc2)cc(Cl)c1OCc1ccc(Cl)cc1Cl. The van der Waals surface area contributed by atoms with Crippen LogP contribution in [0.3, 0.4) is 0 Å². The molecule has 3 aromatic rings. The molecule has 3 rings (SSSR count). The third kappa shape index (κ3) is 6.64. The number of amides is 1. The van der Waals surface area contributed by atoms with Crippen molar-refractivity contribution in [2.75, 3.05) is 11.9 Å². The van der Waals surface area contributed by atoms with E-state index in [0.29, 0.717) is 45.0 Å². The molecule has 0 aliphatic rings. The number of rotatable bonds is 8. The van der Waals surface area contributed by atoms with E-state index >= 15 is 0 Å². The molecule has 0 heterocycles. The first-order valence-corrected chi connectivity index (χ1v) is 11.2. The Kier molecular flexibility index (Phi) is 8.78. The molecule has 174 valence electrons. The summed E-state index contributed by atoms with van der Waals surface area (Å²) in [4.78, 5) is 12.5. The number of carbonyl (C=O) groups excluding carboxylic acids is 1. The Morgan fingerprint density at radius 2 is 1.79 bits per heavy atom. The van der Waals surface area contributed by atoms with Crippen molar-refractivity contribution in [1.29, 1.82) is 5.26 Å². The first kappa shape index (κ1) is 25.4. The van der Waals surface area contributed by atoms with Crippen LogP contribution in [0.5, 0.6) is 11.5 Å². The number of hydrogen-bond donors (Lipinski definition) is 1. The van der Waals surface area contributed by atoms with Crippen molar-refractivity contribution in [1.82, 2.24) is 0 Å². The quantitative estimate of drug-likeness (QED) is 0.250. The standard InChI is InChI=1S/C25H18Cl3FN2O3/c1-2-33-23-11-15(9-17(13-30)25(32)31-20-7-5-19(29)6-8-20)10-22(28)24(23)34-14-16-3-4-18(26)12-21(16)27/h3-12H,2,14H2,1H3,(H,31,32)/b17-9+. The second kappa shape index (κ2) is 11.8. The molecule has 0 saturated heterocycles. The Balaban J connectivity index is 1.85. The lowest BCUT2D eigenvalue weighted by molar-refractivity contribution is -0.112. The molecule has 0 saturated carbocycles. The van der Waals surface area contributed by atoms with E-state index in [4.69, 9.17) is 44.3 Å². The zero-order valence-corrected chi connectivity index (χ0v) is 20.1. The van der Waals surface area contributed by atoms with Crippen molar-refractivity contribution < 1.29 is 18.7 Å². The minimum absolute atomic E-state index is 0.120. The van der Waals surface area contributed by atoms with Gasteiger partial charge in [-0.1, -0.05) is 40.9 Å². The lowest BCUT2D eigenvalue weighted by Crippen LogP contribution is -2.13. The molecule has 0 aromatic heterocycles. The van der Waals surface area contributed by atoms with Gasteiger partial charge in [0.15, 0.2) is 11.5 Å². The summed E-state index contributed by atoms with van der Waals surface area (Å²) in [6.45, 7) is 2.25. The maximum absolute atomic E-state index is 13.1. The molecule has 0 atom stereocenters. The van der Waals surface area contributed by atoms with Crippen LogP contribution in [-0.2, 0) is 11.4 Å². The van der Waals surface area contributed by atoms with Crippen LogP contribution in [0.4, 0.5) is 10.1 Å². The number of halogens is 4. The van der Waals surface area contributed by atoms with Crippen LogP contribution in [0.2, 0.25) is 15.1 Å². The lowest BCUT2D eigenvalue weighted by Gasteiger charge is -2.15. The Hall–Kier alpha value is -3.24. The minimum Gasteiger partial charge on any atom is -0.490 e. The van der Waals surface area contributed by atoms with Crippen molar-refractivity contribution in [2.24, 2.45) is 0 Å². The summed E-state index contributed by atoms with van der Waals surface area (Å²) in [6.07, 6.45) is 1.37. The zero-order valence-electron chi connectivity index (χ0n) is 17.9. The lowest BCUT2D eigenvalue weighted by atomic mass is 10.1. The van der Waals surface area contributed by atoms with Gasteiger partial charge in [0.05, 0.1) is 11.6 Å². The highest BCUT2D eigenvalue weighted by atomic mass is 35.5. The molecule has 5 nitrogen and oxygen atoms in total. The van der Waals surface area contributed by atoms with E-state index in [1.54, 1.807) is 37.3 Å². The summed E-state index contributed by atoms with van der Waals surface area (Å²) in [5, 5.41) is 13.2. The topological polar surface area (TPSA) is 71.3 Å². The first-order valence-electron chi connectivity index (χ1n) is 10.0. The largest absolute Gasteiger partial charge is 0.490 e. The van der Waals surface area contributed by atoms with E-state index in [9.17, 15) is 14.4 Å². The van der Waals surface area contributed by atoms with E-state index in [1.165, 1.54) is 30.3 Å². The maximum atomic E-state index is 13.1. The summed E-state index contributed by atoms with van der Waals surface area (Å²) in [5.74, 6) is -0.461. The van der Waals surface area contributed by atoms with Crippen LogP contribution in [0.25, 0.3) is 6.08 Å². The summed E-state index contributed by atoms with van der Waals surface area (Å²) < 4.78 is 24.6. The average molecular weight is 520 g/mol. The molecule has 3 aromatic carbocycles. The van der Waals surface area contributed by atoms with E-state index in [-0.39, 0.29) is 17.2 Å². The molecule has 0 unspecified atom stereocenters. The van der Waals surface area contributed by atoms with Gasteiger partial charge in [0, 0.05) is 21.3 Å². The normalized spacial score (nSPS) is 11.0. The Morgan fingerprint density at radius 1 is 1.06 bits per heavy atom. The van der Waals surface area contributed by atoms with Gasteiger partial charge in [0.1, 0.15) is 24.1 Å². The molecule has 0 aliphatic carbocycles. The van der Waals surface area contributed by atoms with E-state index in [1.807, 2.05) is 6.07 Å². The monoisotopic (exact) mass is 518 g/mol. The highest BCUT2D eigenvalue weighted by Gasteiger charge is 2.16. The molecule has 9 heteroatoms. The number of hydrogen-bond acceptors (Lipinski definition) is 4. The molecule has 34 heavy (non-hydrogen) atoms. The van der Waals surface area contributed by atoms with Crippen LogP contribution >= 0.6 is 34.8 Å². The average Bonchev–Trinajstić information content (AvgIpc) is 2.79. The second-order valence-corrected chi connectivity index (χ2v) is 8.17. The van der Waals surface area contributed by atoms with E-state index in [0.717, 1.165) is 0 Å². The summed E-state index contributed by atoms with van der Waals surface area (Å²) in [6, 6.07) is 15.3. The predicted molar refractivity (Wildman–Crippen MR) is 132 cm³/mol. The van der Waals surface area contributed by atoms with Gasteiger partial charge in [-0.05, 0) is 67.1 Å². The second-order valence-electron chi connectivity index (χ2n) is 6.92. The van der Waals surface area contributed by atoms with Gasteiger partial charge in [-0.25, -0.2) is 4.39 Å². The van der Waals surface area contributed by atoms with Gasteiger partial charge in [-0.2, -0.15) is 5.26 Å². The maximum Gasteiger partial charge on any atom is 0.266 e. The van der Waals surface area contributed by atoms with E-state index in [2.05, 4.69) is 5.32 Å². The number of nitrogens with zero attached hydrogens (tertiary/aromatic N) is 1.